The van der Waals surface area contributed by atoms with Crippen LogP contribution in [0.4, 0.5) is 5.69 Å². The van der Waals surface area contributed by atoms with E-state index in [1.165, 1.54) is 25.7 Å². The molecular formula is C13H23N5O. The first-order valence-corrected chi connectivity index (χ1v) is 6.88. The second kappa shape index (κ2) is 6.06. The highest BCUT2D eigenvalue weighted by Crippen LogP contribution is 2.21. The molecule has 0 atom stereocenters. The van der Waals surface area contributed by atoms with Crippen LogP contribution in [0.1, 0.15) is 41.9 Å². The van der Waals surface area contributed by atoms with Gasteiger partial charge in [-0.2, -0.15) is 5.10 Å². The number of carbonyl (C=O) groups is 1. The van der Waals surface area contributed by atoms with E-state index in [9.17, 15) is 4.79 Å². The Morgan fingerprint density at radius 2 is 2.21 bits per heavy atom. The van der Waals surface area contributed by atoms with Gasteiger partial charge in [-0.25, -0.2) is 0 Å². The fourth-order valence-electron chi connectivity index (χ4n) is 2.57. The Labute approximate surface area is 113 Å². The van der Waals surface area contributed by atoms with Crippen LogP contribution in [0.15, 0.2) is 0 Å². The normalized spacial score (nSPS) is 16.2. The quantitative estimate of drug-likeness (QED) is 0.738. The van der Waals surface area contributed by atoms with E-state index in [4.69, 9.17) is 5.73 Å². The molecule has 0 saturated heterocycles. The van der Waals surface area contributed by atoms with Gasteiger partial charge < -0.3 is 16.0 Å². The number of hydrogen-bond acceptors (Lipinski definition) is 4. The second-order valence-corrected chi connectivity index (χ2v) is 5.29. The van der Waals surface area contributed by atoms with Crippen LogP contribution < -0.4 is 11.1 Å². The van der Waals surface area contributed by atoms with Crippen LogP contribution in [0.25, 0.3) is 0 Å². The van der Waals surface area contributed by atoms with Crippen molar-refractivity contribution in [3.8, 4) is 0 Å². The number of aromatic nitrogens is 2. The van der Waals surface area contributed by atoms with Gasteiger partial charge in [-0.3, -0.25) is 9.89 Å². The molecule has 6 heteroatoms. The van der Waals surface area contributed by atoms with E-state index < -0.39 is 0 Å². The van der Waals surface area contributed by atoms with Crippen molar-refractivity contribution in [3.63, 3.8) is 0 Å². The number of nitrogen functional groups attached to an aromatic ring is 1. The summed E-state index contributed by atoms with van der Waals surface area (Å²) in [5.74, 6) is -0.207. The van der Waals surface area contributed by atoms with Gasteiger partial charge in [0.2, 0.25) is 0 Å². The van der Waals surface area contributed by atoms with Crippen molar-refractivity contribution in [2.24, 2.45) is 0 Å². The van der Waals surface area contributed by atoms with Crippen molar-refractivity contribution >= 4 is 11.6 Å². The van der Waals surface area contributed by atoms with Crippen LogP contribution in [0.2, 0.25) is 0 Å². The summed E-state index contributed by atoms with van der Waals surface area (Å²) in [6, 6.07) is 0.676. The van der Waals surface area contributed by atoms with Crippen LogP contribution in [0.3, 0.4) is 0 Å². The highest BCUT2D eigenvalue weighted by Gasteiger charge is 2.19. The van der Waals surface area contributed by atoms with Gasteiger partial charge in [-0.05, 0) is 26.8 Å². The number of rotatable bonds is 5. The molecule has 6 nitrogen and oxygen atoms in total. The summed E-state index contributed by atoms with van der Waals surface area (Å²) >= 11 is 0. The Morgan fingerprint density at radius 1 is 1.53 bits per heavy atom. The molecule has 1 fully saturated rings. The predicted octanol–water partition coefficient (Wildman–Crippen LogP) is 0.905. The van der Waals surface area contributed by atoms with E-state index in [2.05, 4.69) is 27.5 Å². The Bertz CT molecular complexity index is 436. The lowest BCUT2D eigenvalue weighted by Crippen LogP contribution is -2.37. The molecule has 19 heavy (non-hydrogen) atoms. The number of hydrogen-bond donors (Lipinski definition) is 3. The highest BCUT2D eigenvalue weighted by molar-refractivity contribution is 5.97. The zero-order chi connectivity index (χ0) is 13.8. The number of amides is 1. The lowest BCUT2D eigenvalue weighted by atomic mass is 10.2. The van der Waals surface area contributed by atoms with Gasteiger partial charge >= 0.3 is 0 Å². The minimum Gasteiger partial charge on any atom is -0.395 e. The van der Waals surface area contributed by atoms with Gasteiger partial charge in [0.15, 0.2) is 5.69 Å². The average molecular weight is 265 g/mol. The number of aryl methyl sites for hydroxylation is 1. The first-order valence-electron chi connectivity index (χ1n) is 6.88. The summed E-state index contributed by atoms with van der Waals surface area (Å²) in [6.45, 7) is 3.28. The van der Waals surface area contributed by atoms with E-state index in [-0.39, 0.29) is 5.91 Å². The lowest BCUT2D eigenvalue weighted by Gasteiger charge is -2.23. The molecule has 0 unspecified atom stereocenters. The van der Waals surface area contributed by atoms with Gasteiger partial charge in [-0.1, -0.05) is 12.8 Å². The maximum absolute atomic E-state index is 11.9. The van der Waals surface area contributed by atoms with E-state index in [1.807, 2.05) is 0 Å². The number of aromatic amines is 1. The van der Waals surface area contributed by atoms with Crippen molar-refractivity contribution in [1.29, 1.82) is 0 Å². The summed E-state index contributed by atoms with van der Waals surface area (Å²) in [6.07, 6.45) is 5.20. The molecule has 2 rings (SSSR count). The van der Waals surface area contributed by atoms with E-state index >= 15 is 0 Å². The Hall–Kier alpha value is -1.56. The standard InChI is InChI=1S/C13H23N5O/c1-9-11(14)12(17-16-9)13(19)15-7-8-18(2)10-5-3-4-6-10/h10H,3-8,14H2,1-2H3,(H,15,19)(H,16,17). The molecule has 0 aliphatic heterocycles. The van der Waals surface area contributed by atoms with Crippen molar-refractivity contribution < 1.29 is 4.79 Å². The predicted molar refractivity (Wildman–Crippen MR) is 75.0 cm³/mol. The zero-order valence-corrected chi connectivity index (χ0v) is 11.7. The Morgan fingerprint density at radius 3 is 2.79 bits per heavy atom. The number of likely N-dealkylation sites (N-methyl/N-ethyl adjacent to an activating group) is 1. The fraction of sp³-hybridized carbons (Fsp3) is 0.692. The number of anilines is 1. The number of carbonyl (C=O) groups excluding carboxylic acids is 1. The fourth-order valence-corrected chi connectivity index (χ4v) is 2.57. The third-order valence-electron chi connectivity index (χ3n) is 3.91. The molecule has 0 aromatic carbocycles. The Kier molecular flexibility index (Phi) is 4.42. The molecule has 1 aromatic rings. The van der Waals surface area contributed by atoms with Crippen molar-refractivity contribution in [3.05, 3.63) is 11.4 Å². The minimum absolute atomic E-state index is 0.207. The highest BCUT2D eigenvalue weighted by atomic mass is 16.1. The molecular weight excluding hydrogens is 242 g/mol. The van der Waals surface area contributed by atoms with Crippen molar-refractivity contribution in [2.75, 3.05) is 25.9 Å². The molecule has 0 spiro atoms. The van der Waals surface area contributed by atoms with Gasteiger partial charge in [0.25, 0.3) is 5.91 Å². The van der Waals surface area contributed by atoms with E-state index in [1.54, 1.807) is 6.92 Å². The first kappa shape index (κ1) is 13.9. The largest absolute Gasteiger partial charge is 0.395 e. The van der Waals surface area contributed by atoms with Crippen LogP contribution in [-0.2, 0) is 0 Å². The van der Waals surface area contributed by atoms with Crippen LogP contribution >= 0.6 is 0 Å². The maximum Gasteiger partial charge on any atom is 0.273 e. The summed E-state index contributed by atoms with van der Waals surface area (Å²) in [4.78, 5) is 14.2. The molecule has 4 N–H and O–H groups in total. The van der Waals surface area contributed by atoms with Crippen LogP contribution in [0, 0.1) is 6.92 Å². The van der Waals surface area contributed by atoms with E-state index in [0.717, 1.165) is 12.2 Å². The smallest absolute Gasteiger partial charge is 0.273 e. The molecule has 106 valence electrons. The van der Waals surface area contributed by atoms with E-state index in [0.29, 0.717) is 24.0 Å². The molecule has 1 heterocycles. The minimum atomic E-state index is -0.207. The molecule has 1 amide bonds. The van der Waals surface area contributed by atoms with Crippen molar-refractivity contribution in [2.45, 2.75) is 38.6 Å². The van der Waals surface area contributed by atoms with Gasteiger partial charge in [0, 0.05) is 19.1 Å². The number of nitrogens with zero attached hydrogens (tertiary/aromatic N) is 2. The van der Waals surface area contributed by atoms with Crippen LogP contribution in [-0.4, -0.2) is 47.2 Å². The summed E-state index contributed by atoms with van der Waals surface area (Å²) < 4.78 is 0. The number of H-pyrrole nitrogens is 1. The van der Waals surface area contributed by atoms with Crippen molar-refractivity contribution in [1.82, 2.24) is 20.4 Å². The lowest BCUT2D eigenvalue weighted by molar-refractivity contribution is 0.0943. The van der Waals surface area contributed by atoms with Gasteiger partial charge in [-0.15, -0.1) is 0 Å². The average Bonchev–Trinajstić information content (AvgIpc) is 3.01. The monoisotopic (exact) mass is 265 g/mol. The maximum atomic E-state index is 11.9. The van der Waals surface area contributed by atoms with Crippen LogP contribution in [0.5, 0.6) is 0 Å². The summed E-state index contributed by atoms with van der Waals surface area (Å²) in [5, 5.41) is 9.49. The van der Waals surface area contributed by atoms with Gasteiger partial charge in [0.1, 0.15) is 0 Å². The topological polar surface area (TPSA) is 87.0 Å². The molecule has 1 saturated carbocycles. The Balaban J connectivity index is 1.76. The molecule has 1 aliphatic rings. The number of nitrogens with one attached hydrogen (secondary N) is 2. The molecule has 1 aliphatic carbocycles. The summed E-state index contributed by atoms with van der Waals surface area (Å²) in [7, 11) is 2.12. The third-order valence-corrected chi connectivity index (χ3v) is 3.91. The molecule has 0 bridgehead atoms. The summed E-state index contributed by atoms with van der Waals surface area (Å²) in [5.41, 5.74) is 7.22. The molecule has 1 aromatic heterocycles. The first-order chi connectivity index (χ1) is 9.09. The zero-order valence-electron chi connectivity index (χ0n) is 11.7. The number of nitrogens with two attached hydrogens (primary N) is 1. The second-order valence-electron chi connectivity index (χ2n) is 5.29. The van der Waals surface area contributed by atoms with Gasteiger partial charge in [0.05, 0.1) is 11.4 Å². The molecule has 0 radical (unpaired) electrons. The SMILES string of the molecule is Cc1[nH]nc(C(=O)NCCN(C)C2CCCC2)c1N. The third kappa shape index (κ3) is 3.26.